The van der Waals surface area contributed by atoms with Gasteiger partial charge in [-0.25, -0.2) is 4.79 Å². The van der Waals surface area contributed by atoms with Gasteiger partial charge in [-0.2, -0.15) is 0 Å². The lowest BCUT2D eigenvalue weighted by atomic mass is 9.99. The summed E-state index contributed by atoms with van der Waals surface area (Å²) in [5.74, 6) is -0.234. The van der Waals surface area contributed by atoms with Gasteiger partial charge in [0.25, 0.3) is 5.91 Å². The Hall–Kier alpha value is -2.35. The molecule has 0 radical (unpaired) electrons. The first-order valence-electron chi connectivity index (χ1n) is 9.23. The fraction of sp³-hybridized carbons (Fsp3) is 0.611. The summed E-state index contributed by atoms with van der Waals surface area (Å²) in [6.45, 7) is 2.37. The van der Waals surface area contributed by atoms with Gasteiger partial charge in [-0.05, 0) is 37.9 Å². The predicted octanol–water partition coefficient (Wildman–Crippen LogP) is 0.854. The molecule has 0 spiro atoms. The second-order valence-corrected chi connectivity index (χ2v) is 6.89. The molecule has 8 heteroatoms. The van der Waals surface area contributed by atoms with Gasteiger partial charge in [0.15, 0.2) is 0 Å². The van der Waals surface area contributed by atoms with Crippen molar-refractivity contribution in [2.75, 3.05) is 33.2 Å². The molecule has 2 aliphatic heterocycles. The summed E-state index contributed by atoms with van der Waals surface area (Å²) < 4.78 is 1.97. The number of nitrogens with one attached hydrogen (secondary N) is 2. The molecule has 142 valence electrons. The van der Waals surface area contributed by atoms with E-state index >= 15 is 0 Å². The van der Waals surface area contributed by atoms with Crippen molar-refractivity contribution in [1.82, 2.24) is 25.0 Å². The van der Waals surface area contributed by atoms with Crippen LogP contribution in [-0.4, -0.2) is 65.4 Å². The smallest absolute Gasteiger partial charge is 0.324 e. The average Bonchev–Trinajstić information content (AvgIpc) is 3.18. The van der Waals surface area contributed by atoms with Crippen molar-refractivity contribution in [3.05, 3.63) is 23.5 Å². The molecule has 26 heavy (non-hydrogen) atoms. The summed E-state index contributed by atoms with van der Waals surface area (Å²) in [6.07, 6.45) is 4.11. The topological polar surface area (TPSA) is 86.7 Å². The van der Waals surface area contributed by atoms with E-state index in [1.54, 1.807) is 7.05 Å². The Labute approximate surface area is 153 Å². The SMILES string of the molecule is CNC(=O)c1ccc([C@H]2CCCCN2CCCN2C(=O)CNC2=O)n1C. The third-order valence-electron chi connectivity index (χ3n) is 5.34. The van der Waals surface area contributed by atoms with E-state index in [1.165, 1.54) is 4.90 Å². The number of urea groups is 1. The van der Waals surface area contributed by atoms with E-state index in [2.05, 4.69) is 15.5 Å². The molecule has 1 atom stereocenters. The third-order valence-corrected chi connectivity index (χ3v) is 5.34. The van der Waals surface area contributed by atoms with Crippen molar-refractivity contribution in [2.24, 2.45) is 7.05 Å². The van der Waals surface area contributed by atoms with Crippen molar-refractivity contribution < 1.29 is 14.4 Å². The van der Waals surface area contributed by atoms with Crippen molar-refractivity contribution in [3.63, 3.8) is 0 Å². The number of carbonyl (C=O) groups is 3. The largest absolute Gasteiger partial charge is 0.354 e. The van der Waals surface area contributed by atoms with Gasteiger partial charge in [-0.15, -0.1) is 0 Å². The molecule has 2 saturated heterocycles. The number of rotatable bonds is 6. The molecule has 0 aromatic carbocycles. The molecule has 1 aromatic rings. The van der Waals surface area contributed by atoms with Crippen LogP contribution in [0.1, 0.15) is 47.9 Å². The van der Waals surface area contributed by atoms with Crippen LogP contribution in [0.5, 0.6) is 0 Å². The Bertz CT molecular complexity index is 683. The van der Waals surface area contributed by atoms with Gasteiger partial charge in [0.05, 0.1) is 12.6 Å². The number of piperidine rings is 1. The molecule has 8 nitrogen and oxygen atoms in total. The number of carbonyl (C=O) groups excluding carboxylic acids is 3. The lowest BCUT2D eigenvalue weighted by Gasteiger charge is -2.36. The standard InChI is InChI=1S/C18H27N5O3/c1-19-17(25)15-8-7-13(21(15)2)14-6-3-4-9-22(14)10-5-11-23-16(24)12-20-18(23)26/h7-8,14H,3-6,9-12H2,1-2H3,(H,19,25)(H,20,26)/t14-/m1/s1. The third kappa shape index (κ3) is 3.60. The highest BCUT2D eigenvalue weighted by atomic mass is 16.2. The molecule has 3 heterocycles. The van der Waals surface area contributed by atoms with Crippen LogP contribution in [0.3, 0.4) is 0 Å². The quantitative estimate of drug-likeness (QED) is 0.736. The summed E-state index contributed by atoms with van der Waals surface area (Å²) in [4.78, 5) is 39.0. The molecule has 0 unspecified atom stereocenters. The first kappa shape index (κ1) is 18.4. The fourth-order valence-corrected chi connectivity index (χ4v) is 3.92. The van der Waals surface area contributed by atoms with Crippen LogP contribution in [0.15, 0.2) is 12.1 Å². The second kappa shape index (κ2) is 7.90. The van der Waals surface area contributed by atoms with E-state index in [4.69, 9.17) is 0 Å². The van der Waals surface area contributed by atoms with Crippen LogP contribution < -0.4 is 10.6 Å². The molecule has 0 aliphatic carbocycles. The van der Waals surface area contributed by atoms with Crippen LogP contribution >= 0.6 is 0 Å². The van der Waals surface area contributed by atoms with Gasteiger partial charge in [0.2, 0.25) is 5.91 Å². The summed E-state index contributed by atoms with van der Waals surface area (Å²) >= 11 is 0. The van der Waals surface area contributed by atoms with Gasteiger partial charge in [0, 0.05) is 32.9 Å². The van der Waals surface area contributed by atoms with Crippen molar-refractivity contribution in [1.29, 1.82) is 0 Å². The van der Waals surface area contributed by atoms with E-state index in [1.807, 2.05) is 23.7 Å². The molecule has 4 amide bonds. The molecule has 2 aliphatic rings. The molecule has 2 N–H and O–H groups in total. The van der Waals surface area contributed by atoms with Crippen molar-refractivity contribution in [2.45, 2.75) is 31.7 Å². The van der Waals surface area contributed by atoms with Crippen LogP contribution in [0.4, 0.5) is 4.79 Å². The number of hydrogen-bond donors (Lipinski definition) is 2. The molecule has 3 rings (SSSR count). The molecule has 0 saturated carbocycles. The Morgan fingerprint density at radius 3 is 2.77 bits per heavy atom. The minimum Gasteiger partial charge on any atom is -0.354 e. The highest BCUT2D eigenvalue weighted by molar-refractivity contribution is 6.01. The molecule has 0 bridgehead atoms. The van der Waals surface area contributed by atoms with Gasteiger partial charge in [-0.3, -0.25) is 19.4 Å². The highest BCUT2D eigenvalue weighted by Gasteiger charge is 2.30. The lowest BCUT2D eigenvalue weighted by molar-refractivity contribution is -0.125. The van der Waals surface area contributed by atoms with Gasteiger partial charge >= 0.3 is 6.03 Å². The van der Waals surface area contributed by atoms with E-state index < -0.39 is 0 Å². The fourth-order valence-electron chi connectivity index (χ4n) is 3.92. The molecular weight excluding hydrogens is 334 g/mol. The van der Waals surface area contributed by atoms with E-state index in [9.17, 15) is 14.4 Å². The minimum absolute atomic E-state index is 0.0836. The number of hydrogen-bond acceptors (Lipinski definition) is 4. The Morgan fingerprint density at radius 1 is 1.27 bits per heavy atom. The maximum atomic E-state index is 12.0. The summed E-state index contributed by atoms with van der Waals surface area (Å²) in [5.41, 5.74) is 1.80. The zero-order chi connectivity index (χ0) is 18.7. The van der Waals surface area contributed by atoms with Gasteiger partial charge in [0.1, 0.15) is 5.69 Å². The number of nitrogens with zero attached hydrogens (tertiary/aromatic N) is 3. The maximum absolute atomic E-state index is 12.0. The van der Waals surface area contributed by atoms with Crippen LogP contribution in [0.25, 0.3) is 0 Å². The number of likely N-dealkylation sites (tertiary alicyclic amines) is 1. The predicted molar refractivity (Wildman–Crippen MR) is 96.7 cm³/mol. The lowest BCUT2D eigenvalue weighted by Crippen LogP contribution is -2.38. The van der Waals surface area contributed by atoms with Crippen LogP contribution in [0, 0.1) is 0 Å². The molecular formula is C18H27N5O3. The first-order chi connectivity index (χ1) is 12.5. The molecule has 2 fully saturated rings. The average molecular weight is 361 g/mol. The van der Waals surface area contributed by atoms with Crippen molar-refractivity contribution in [3.8, 4) is 0 Å². The monoisotopic (exact) mass is 361 g/mol. The summed E-state index contributed by atoms with van der Waals surface area (Å²) in [6, 6.07) is 3.87. The van der Waals surface area contributed by atoms with Gasteiger partial charge < -0.3 is 15.2 Å². The number of imide groups is 1. The second-order valence-electron chi connectivity index (χ2n) is 6.89. The Kier molecular flexibility index (Phi) is 5.61. The van der Waals surface area contributed by atoms with Crippen LogP contribution in [-0.2, 0) is 11.8 Å². The van der Waals surface area contributed by atoms with E-state index in [0.717, 1.165) is 44.5 Å². The zero-order valence-electron chi connectivity index (χ0n) is 15.5. The maximum Gasteiger partial charge on any atom is 0.324 e. The Balaban J connectivity index is 1.65. The molecule has 1 aromatic heterocycles. The van der Waals surface area contributed by atoms with E-state index in [-0.39, 0.29) is 30.4 Å². The minimum atomic E-state index is -0.289. The zero-order valence-corrected chi connectivity index (χ0v) is 15.5. The highest BCUT2D eigenvalue weighted by Crippen LogP contribution is 2.31. The van der Waals surface area contributed by atoms with Crippen LogP contribution in [0.2, 0.25) is 0 Å². The normalized spacial score (nSPS) is 21.2. The summed E-state index contributed by atoms with van der Waals surface area (Å²) in [7, 11) is 3.57. The van der Waals surface area contributed by atoms with Crippen molar-refractivity contribution >= 4 is 17.8 Å². The van der Waals surface area contributed by atoms with E-state index in [0.29, 0.717) is 12.2 Å². The number of aromatic nitrogens is 1. The number of amides is 4. The Morgan fingerprint density at radius 2 is 2.08 bits per heavy atom. The summed E-state index contributed by atoms with van der Waals surface area (Å²) in [5, 5.41) is 5.23. The van der Waals surface area contributed by atoms with Gasteiger partial charge in [-0.1, -0.05) is 6.42 Å². The first-order valence-corrected chi connectivity index (χ1v) is 9.23.